The van der Waals surface area contributed by atoms with E-state index in [0.717, 1.165) is 0 Å². The van der Waals surface area contributed by atoms with Crippen molar-refractivity contribution in [1.82, 2.24) is 19.5 Å². The molecule has 0 aromatic carbocycles. The van der Waals surface area contributed by atoms with Crippen LogP contribution in [0.25, 0.3) is 11.2 Å². The van der Waals surface area contributed by atoms with Gasteiger partial charge in [0.05, 0.1) is 19.0 Å². The average Bonchev–Trinajstić information content (AvgIpc) is 2.87. The van der Waals surface area contributed by atoms with Gasteiger partial charge in [0, 0.05) is 19.8 Å². The van der Waals surface area contributed by atoms with Crippen LogP contribution in [0.1, 0.15) is 26.3 Å². The lowest BCUT2D eigenvalue weighted by Crippen LogP contribution is -2.48. The molecule has 0 bridgehead atoms. The summed E-state index contributed by atoms with van der Waals surface area (Å²) in [5, 5.41) is 0. The molecule has 1 saturated carbocycles. The number of fused-ring (bicyclic) bond motifs is 1. The summed E-state index contributed by atoms with van der Waals surface area (Å²) < 4.78 is 12.0. The molecule has 3 rings (SSSR count). The normalized spacial score (nSPS) is 22.8. The van der Waals surface area contributed by atoms with Crippen LogP contribution < -0.4 is 11.3 Å². The molecule has 10 heteroatoms. The van der Waals surface area contributed by atoms with Crippen LogP contribution in [-0.2, 0) is 19.1 Å². The Labute approximate surface area is 136 Å². The lowest BCUT2D eigenvalue weighted by atomic mass is 9.77. The number of ether oxygens (including phenoxy) is 2. The SMILES string of the molecule is CC(=O)OCC1CC(n2cnc3c(=O)[nH]c(N)nc32)C1OC(C)=O. The number of carbonyl (C=O) groups is 2. The van der Waals surface area contributed by atoms with Crippen molar-refractivity contribution in [3.8, 4) is 0 Å². The van der Waals surface area contributed by atoms with E-state index in [0.29, 0.717) is 12.1 Å². The van der Waals surface area contributed by atoms with Crippen molar-refractivity contribution in [3.05, 3.63) is 16.7 Å². The number of H-pyrrole nitrogens is 1. The zero-order chi connectivity index (χ0) is 17.4. The summed E-state index contributed by atoms with van der Waals surface area (Å²) in [4.78, 5) is 44.7. The molecule has 2 aromatic heterocycles. The second-order valence-electron chi connectivity index (χ2n) is 5.71. The molecule has 24 heavy (non-hydrogen) atoms. The van der Waals surface area contributed by atoms with E-state index in [-0.39, 0.29) is 30.0 Å². The van der Waals surface area contributed by atoms with Crippen LogP contribution in [0.3, 0.4) is 0 Å². The van der Waals surface area contributed by atoms with Crippen LogP contribution >= 0.6 is 0 Å². The molecule has 0 saturated heterocycles. The van der Waals surface area contributed by atoms with Gasteiger partial charge in [0.2, 0.25) is 5.95 Å². The van der Waals surface area contributed by atoms with Crippen molar-refractivity contribution >= 4 is 29.1 Å². The first-order valence-corrected chi connectivity index (χ1v) is 7.39. The molecular formula is C14H17N5O5. The van der Waals surface area contributed by atoms with E-state index in [4.69, 9.17) is 15.2 Å². The highest BCUT2D eigenvalue weighted by atomic mass is 16.6. The van der Waals surface area contributed by atoms with E-state index in [1.165, 1.54) is 20.2 Å². The van der Waals surface area contributed by atoms with Crippen LogP contribution in [0, 0.1) is 5.92 Å². The van der Waals surface area contributed by atoms with E-state index < -0.39 is 23.6 Å². The number of aromatic nitrogens is 4. The van der Waals surface area contributed by atoms with E-state index in [2.05, 4.69) is 15.0 Å². The Balaban J connectivity index is 1.89. The number of rotatable bonds is 4. The van der Waals surface area contributed by atoms with Crippen LogP contribution in [0.5, 0.6) is 0 Å². The van der Waals surface area contributed by atoms with Gasteiger partial charge in [-0.25, -0.2) is 4.98 Å². The molecular weight excluding hydrogens is 318 g/mol. The van der Waals surface area contributed by atoms with Crippen molar-refractivity contribution in [2.45, 2.75) is 32.4 Å². The third kappa shape index (κ3) is 2.82. The number of nitrogens with two attached hydrogens (primary N) is 1. The quantitative estimate of drug-likeness (QED) is 0.729. The summed E-state index contributed by atoms with van der Waals surface area (Å²) in [6.07, 6.45) is 1.56. The minimum absolute atomic E-state index is 0.0194. The van der Waals surface area contributed by atoms with Gasteiger partial charge in [-0.1, -0.05) is 0 Å². The minimum Gasteiger partial charge on any atom is -0.465 e. The summed E-state index contributed by atoms with van der Waals surface area (Å²) in [6.45, 7) is 2.79. The molecule has 0 amide bonds. The lowest BCUT2D eigenvalue weighted by molar-refractivity contribution is -0.168. The molecule has 3 N–H and O–H groups in total. The molecule has 0 aliphatic heterocycles. The molecule has 10 nitrogen and oxygen atoms in total. The molecule has 1 fully saturated rings. The van der Waals surface area contributed by atoms with Crippen molar-refractivity contribution in [2.24, 2.45) is 5.92 Å². The summed E-state index contributed by atoms with van der Waals surface area (Å²) in [7, 11) is 0. The Morgan fingerprint density at radius 1 is 1.42 bits per heavy atom. The monoisotopic (exact) mass is 335 g/mol. The maximum Gasteiger partial charge on any atom is 0.302 e. The maximum atomic E-state index is 11.8. The van der Waals surface area contributed by atoms with Gasteiger partial charge in [0.25, 0.3) is 5.56 Å². The number of nitrogens with one attached hydrogen (secondary N) is 1. The third-order valence-corrected chi connectivity index (χ3v) is 4.00. The average molecular weight is 335 g/mol. The number of esters is 2. The fourth-order valence-electron chi connectivity index (χ4n) is 2.91. The Hall–Kier alpha value is -2.91. The number of nitrogens with zero attached hydrogens (tertiary/aromatic N) is 3. The summed E-state index contributed by atoms with van der Waals surface area (Å²) in [6, 6.07) is -0.256. The Bertz CT molecular complexity index is 857. The fraction of sp³-hybridized carbons (Fsp3) is 0.500. The van der Waals surface area contributed by atoms with Crippen molar-refractivity contribution in [3.63, 3.8) is 0 Å². The van der Waals surface area contributed by atoms with Gasteiger partial charge < -0.3 is 19.8 Å². The lowest BCUT2D eigenvalue weighted by Gasteiger charge is -2.43. The first-order valence-electron chi connectivity index (χ1n) is 7.39. The topological polar surface area (TPSA) is 142 Å². The van der Waals surface area contributed by atoms with Crippen LogP contribution in [0.2, 0.25) is 0 Å². The Kier molecular flexibility index (Phi) is 3.96. The summed E-state index contributed by atoms with van der Waals surface area (Å²) >= 11 is 0. The molecule has 1 aliphatic carbocycles. The van der Waals surface area contributed by atoms with Gasteiger partial charge in [-0.3, -0.25) is 19.4 Å². The van der Waals surface area contributed by atoms with E-state index in [1.54, 1.807) is 4.57 Å². The summed E-state index contributed by atoms with van der Waals surface area (Å²) in [5.74, 6) is -0.977. The fourth-order valence-corrected chi connectivity index (χ4v) is 2.91. The number of nitrogen functional groups attached to an aromatic ring is 1. The minimum atomic E-state index is -0.499. The molecule has 2 aromatic rings. The van der Waals surface area contributed by atoms with Crippen LogP contribution in [0.4, 0.5) is 5.95 Å². The van der Waals surface area contributed by atoms with Gasteiger partial charge in [0.15, 0.2) is 11.2 Å². The number of carbonyl (C=O) groups excluding carboxylic acids is 2. The molecule has 2 heterocycles. The molecule has 0 spiro atoms. The van der Waals surface area contributed by atoms with Gasteiger partial charge in [0.1, 0.15) is 6.10 Å². The van der Waals surface area contributed by atoms with E-state index in [1.807, 2.05) is 0 Å². The van der Waals surface area contributed by atoms with Gasteiger partial charge in [-0.2, -0.15) is 4.98 Å². The highest BCUT2D eigenvalue weighted by molar-refractivity contribution is 5.71. The van der Waals surface area contributed by atoms with Gasteiger partial charge >= 0.3 is 11.9 Å². The standard InChI is InChI=1S/C14H17N5O5/c1-6(20)23-4-8-3-9(11(8)24-7(2)21)19-5-16-10-12(19)17-14(15)18-13(10)22/h5,8-9,11H,3-4H2,1-2H3,(H3,15,17,18,22). The zero-order valence-corrected chi connectivity index (χ0v) is 13.2. The predicted molar refractivity (Wildman–Crippen MR) is 81.9 cm³/mol. The molecule has 128 valence electrons. The van der Waals surface area contributed by atoms with Crippen LogP contribution in [0.15, 0.2) is 11.1 Å². The number of hydrogen-bond acceptors (Lipinski definition) is 8. The summed E-state index contributed by atoms with van der Waals surface area (Å²) in [5.41, 5.74) is 5.64. The maximum absolute atomic E-state index is 11.8. The molecule has 3 atom stereocenters. The Morgan fingerprint density at radius 3 is 2.83 bits per heavy atom. The largest absolute Gasteiger partial charge is 0.465 e. The first kappa shape index (κ1) is 16.0. The number of hydrogen-bond donors (Lipinski definition) is 2. The Morgan fingerprint density at radius 2 is 2.17 bits per heavy atom. The van der Waals surface area contributed by atoms with E-state index in [9.17, 15) is 14.4 Å². The van der Waals surface area contributed by atoms with Gasteiger partial charge in [-0.05, 0) is 6.42 Å². The molecule has 0 radical (unpaired) electrons. The van der Waals surface area contributed by atoms with E-state index >= 15 is 0 Å². The van der Waals surface area contributed by atoms with Crippen LogP contribution in [-0.4, -0.2) is 44.2 Å². The first-order chi connectivity index (χ1) is 11.4. The highest BCUT2D eigenvalue weighted by Gasteiger charge is 2.46. The number of anilines is 1. The number of aromatic amines is 1. The van der Waals surface area contributed by atoms with Crippen molar-refractivity contribution < 1.29 is 19.1 Å². The highest BCUT2D eigenvalue weighted by Crippen LogP contribution is 2.41. The zero-order valence-electron chi connectivity index (χ0n) is 13.2. The predicted octanol–water partition coefficient (Wildman–Crippen LogP) is -0.242. The van der Waals surface area contributed by atoms with Crippen molar-refractivity contribution in [2.75, 3.05) is 12.3 Å². The third-order valence-electron chi connectivity index (χ3n) is 4.00. The smallest absolute Gasteiger partial charge is 0.302 e. The molecule has 1 aliphatic rings. The number of imidazole rings is 1. The molecule has 3 unspecified atom stereocenters. The van der Waals surface area contributed by atoms with Crippen molar-refractivity contribution in [1.29, 1.82) is 0 Å². The second-order valence-corrected chi connectivity index (χ2v) is 5.71. The van der Waals surface area contributed by atoms with Gasteiger partial charge in [-0.15, -0.1) is 0 Å². The second kappa shape index (κ2) is 5.95.